The summed E-state index contributed by atoms with van der Waals surface area (Å²) in [6.45, 7) is 3.61. The summed E-state index contributed by atoms with van der Waals surface area (Å²) in [6, 6.07) is 7.80. The fourth-order valence-corrected chi connectivity index (χ4v) is 2.99. The van der Waals surface area contributed by atoms with Crippen LogP contribution in [0.25, 0.3) is 5.69 Å². The molecule has 7 heteroatoms. The number of halogens is 2. The molecule has 3 rings (SSSR count). The van der Waals surface area contributed by atoms with E-state index in [1.807, 2.05) is 46.9 Å². The van der Waals surface area contributed by atoms with Crippen LogP contribution in [0.3, 0.4) is 0 Å². The third-order valence-corrected chi connectivity index (χ3v) is 4.41. The van der Waals surface area contributed by atoms with Crippen LogP contribution >= 0.6 is 24.8 Å². The highest BCUT2D eigenvalue weighted by molar-refractivity contribution is 5.94. The number of aromatic nitrogens is 2. The van der Waals surface area contributed by atoms with Crippen molar-refractivity contribution in [2.45, 2.75) is 25.8 Å². The van der Waals surface area contributed by atoms with Crippen molar-refractivity contribution >= 4 is 30.7 Å². The van der Waals surface area contributed by atoms with Crippen LogP contribution in [0, 0.1) is 5.92 Å². The van der Waals surface area contributed by atoms with Crippen LogP contribution in [-0.2, 0) is 0 Å². The summed E-state index contributed by atoms with van der Waals surface area (Å²) in [5.41, 5.74) is 7.73. The molecule has 5 nitrogen and oxygen atoms in total. The summed E-state index contributed by atoms with van der Waals surface area (Å²) in [4.78, 5) is 18.6. The maximum Gasteiger partial charge on any atom is 0.253 e. The Morgan fingerprint density at radius 1 is 1.29 bits per heavy atom. The first-order valence-corrected chi connectivity index (χ1v) is 7.78. The lowest BCUT2D eigenvalue weighted by Gasteiger charge is -2.34. The standard InChI is InChI=1S/C17H22N4O.2ClH/c1-13(18)15-3-2-9-20(11-15)17(22)14-4-6-16(7-5-14)21-10-8-19-12-21;;/h4-8,10,12-13,15H,2-3,9,11,18H2,1H3;2*1H. The number of nitrogens with two attached hydrogens (primary N) is 1. The van der Waals surface area contributed by atoms with Gasteiger partial charge in [0.25, 0.3) is 5.91 Å². The van der Waals surface area contributed by atoms with E-state index in [2.05, 4.69) is 4.98 Å². The summed E-state index contributed by atoms with van der Waals surface area (Å²) < 4.78 is 1.92. The first kappa shape index (κ1) is 20.5. The van der Waals surface area contributed by atoms with Crippen LogP contribution in [0.15, 0.2) is 43.0 Å². The second kappa shape index (κ2) is 9.06. The minimum Gasteiger partial charge on any atom is -0.338 e. The third-order valence-electron chi connectivity index (χ3n) is 4.41. The Bertz CT molecular complexity index is 629. The van der Waals surface area contributed by atoms with Gasteiger partial charge < -0.3 is 15.2 Å². The maximum atomic E-state index is 12.6. The molecule has 1 aliphatic heterocycles. The van der Waals surface area contributed by atoms with Crippen LogP contribution in [0.5, 0.6) is 0 Å². The lowest BCUT2D eigenvalue weighted by atomic mass is 9.92. The molecular weight excluding hydrogens is 347 g/mol. The van der Waals surface area contributed by atoms with Crippen molar-refractivity contribution in [1.82, 2.24) is 14.5 Å². The molecule has 1 aromatic heterocycles. The first-order chi connectivity index (χ1) is 10.6. The number of benzene rings is 1. The van der Waals surface area contributed by atoms with Crippen molar-refractivity contribution in [3.8, 4) is 5.69 Å². The third kappa shape index (κ3) is 4.50. The highest BCUT2D eigenvalue weighted by atomic mass is 35.5. The number of likely N-dealkylation sites (tertiary alicyclic amines) is 1. The average molecular weight is 371 g/mol. The summed E-state index contributed by atoms with van der Waals surface area (Å²) in [7, 11) is 0. The van der Waals surface area contributed by atoms with Gasteiger partial charge in [-0.2, -0.15) is 0 Å². The van der Waals surface area contributed by atoms with Crippen molar-refractivity contribution in [3.05, 3.63) is 48.5 Å². The second-order valence-electron chi connectivity index (χ2n) is 6.03. The van der Waals surface area contributed by atoms with E-state index in [1.54, 1.807) is 12.5 Å². The van der Waals surface area contributed by atoms with Gasteiger partial charge in [0, 0.05) is 42.8 Å². The highest BCUT2D eigenvalue weighted by Crippen LogP contribution is 2.21. The average Bonchev–Trinajstić information content (AvgIpc) is 3.09. The van der Waals surface area contributed by atoms with Gasteiger partial charge in [0.05, 0.1) is 6.33 Å². The van der Waals surface area contributed by atoms with E-state index in [0.717, 1.165) is 37.2 Å². The van der Waals surface area contributed by atoms with Crippen molar-refractivity contribution < 1.29 is 4.79 Å². The van der Waals surface area contributed by atoms with E-state index in [4.69, 9.17) is 5.73 Å². The largest absolute Gasteiger partial charge is 0.338 e. The normalized spacial score (nSPS) is 18.2. The fraction of sp³-hybridized carbons (Fsp3) is 0.412. The molecule has 2 aromatic rings. The number of carbonyl (C=O) groups is 1. The van der Waals surface area contributed by atoms with Gasteiger partial charge in [-0.25, -0.2) is 4.98 Å². The SMILES string of the molecule is CC(N)C1CCCN(C(=O)c2ccc(-n3ccnc3)cc2)C1.Cl.Cl. The lowest BCUT2D eigenvalue weighted by Crippen LogP contribution is -2.45. The predicted molar refractivity (Wildman–Crippen MR) is 100 cm³/mol. The van der Waals surface area contributed by atoms with E-state index in [0.29, 0.717) is 5.92 Å². The Morgan fingerprint density at radius 3 is 2.58 bits per heavy atom. The lowest BCUT2D eigenvalue weighted by molar-refractivity contribution is 0.0661. The Kier molecular flexibility index (Phi) is 7.73. The van der Waals surface area contributed by atoms with E-state index in [1.165, 1.54) is 0 Å². The van der Waals surface area contributed by atoms with Crippen molar-refractivity contribution in [1.29, 1.82) is 0 Å². The van der Waals surface area contributed by atoms with E-state index < -0.39 is 0 Å². The van der Waals surface area contributed by atoms with Crippen LogP contribution in [0.4, 0.5) is 0 Å². The molecule has 0 spiro atoms. The van der Waals surface area contributed by atoms with Gasteiger partial charge in [0.2, 0.25) is 0 Å². The van der Waals surface area contributed by atoms with Gasteiger partial charge in [-0.3, -0.25) is 4.79 Å². The van der Waals surface area contributed by atoms with Crippen LogP contribution in [0.2, 0.25) is 0 Å². The topological polar surface area (TPSA) is 64.2 Å². The number of nitrogens with zero attached hydrogens (tertiary/aromatic N) is 3. The van der Waals surface area contributed by atoms with Crippen molar-refractivity contribution in [2.24, 2.45) is 11.7 Å². The molecule has 1 fully saturated rings. The molecule has 24 heavy (non-hydrogen) atoms. The number of piperidine rings is 1. The molecule has 1 aromatic carbocycles. The summed E-state index contributed by atoms with van der Waals surface area (Å²) in [5.74, 6) is 0.505. The molecule has 0 saturated carbocycles. The maximum absolute atomic E-state index is 12.6. The van der Waals surface area contributed by atoms with Crippen molar-refractivity contribution in [3.63, 3.8) is 0 Å². The minimum absolute atomic E-state index is 0. The van der Waals surface area contributed by atoms with Crippen LogP contribution < -0.4 is 5.73 Å². The summed E-state index contributed by atoms with van der Waals surface area (Å²) in [5, 5.41) is 0. The Labute approximate surface area is 155 Å². The molecule has 0 radical (unpaired) electrons. The van der Waals surface area contributed by atoms with Gasteiger partial charge in [-0.15, -0.1) is 24.8 Å². The zero-order valence-electron chi connectivity index (χ0n) is 13.7. The number of hydrogen-bond acceptors (Lipinski definition) is 3. The van der Waals surface area contributed by atoms with Gasteiger partial charge in [-0.05, 0) is 49.9 Å². The molecule has 1 aliphatic rings. The van der Waals surface area contributed by atoms with Gasteiger partial charge in [0.1, 0.15) is 0 Å². The van der Waals surface area contributed by atoms with Gasteiger partial charge in [0.15, 0.2) is 0 Å². The van der Waals surface area contributed by atoms with Crippen LogP contribution in [-0.4, -0.2) is 39.5 Å². The van der Waals surface area contributed by atoms with Gasteiger partial charge >= 0.3 is 0 Å². The monoisotopic (exact) mass is 370 g/mol. The summed E-state index contributed by atoms with van der Waals surface area (Å²) in [6.07, 6.45) is 7.51. The fourth-order valence-electron chi connectivity index (χ4n) is 2.99. The molecule has 2 atom stereocenters. The number of hydrogen-bond donors (Lipinski definition) is 1. The quantitative estimate of drug-likeness (QED) is 0.902. The van der Waals surface area contributed by atoms with Gasteiger partial charge in [-0.1, -0.05) is 0 Å². The molecule has 2 unspecified atom stereocenters. The smallest absolute Gasteiger partial charge is 0.253 e. The molecule has 1 saturated heterocycles. The zero-order valence-corrected chi connectivity index (χ0v) is 15.3. The van der Waals surface area contributed by atoms with Crippen LogP contribution in [0.1, 0.15) is 30.1 Å². The Balaban J connectivity index is 0.00000144. The molecule has 0 aliphatic carbocycles. The molecule has 0 bridgehead atoms. The molecule has 2 heterocycles. The van der Waals surface area contributed by atoms with E-state index >= 15 is 0 Å². The predicted octanol–water partition coefficient (Wildman–Crippen LogP) is 2.92. The molecular formula is C17H24Cl2N4O. The second-order valence-corrected chi connectivity index (χ2v) is 6.03. The zero-order chi connectivity index (χ0) is 15.5. The molecule has 2 N–H and O–H groups in total. The first-order valence-electron chi connectivity index (χ1n) is 7.78. The summed E-state index contributed by atoms with van der Waals surface area (Å²) >= 11 is 0. The highest BCUT2D eigenvalue weighted by Gasteiger charge is 2.26. The number of carbonyl (C=O) groups excluding carboxylic acids is 1. The minimum atomic E-state index is 0. The Morgan fingerprint density at radius 2 is 2.00 bits per heavy atom. The Hall–Kier alpha value is -1.56. The number of amides is 1. The molecule has 1 amide bonds. The van der Waals surface area contributed by atoms with E-state index in [-0.39, 0.29) is 36.8 Å². The van der Waals surface area contributed by atoms with E-state index in [9.17, 15) is 4.79 Å². The molecule has 132 valence electrons. The number of imidazole rings is 1. The number of rotatable bonds is 3. The van der Waals surface area contributed by atoms with Crippen molar-refractivity contribution in [2.75, 3.05) is 13.1 Å².